The first kappa shape index (κ1) is 26.4. The lowest BCUT2D eigenvalue weighted by Crippen LogP contribution is -2.02. The van der Waals surface area contributed by atoms with E-state index in [1.54, 1.807) is 6.26 Å². The summed E-state index contributed by atoms with van der Waals surface area (Å²) in [6.07, 6.45) is 9.09. The first-order chi connectivity index (χ1) is 10.6. The van der Waals surface area contributed by atoms with E-state index >= 15 is 0 Å². The molecule has 0 aliphatic rings. The van der Waals surface area contributed by atoms with Gasteiger partial charge >= 0.3 is 0 Å². The minimum Gasteiger partial charge on any atom is -0.428 e. The van der Waals surface area contributed by atoms with Crippen molar-refractivity contribution in [3.05, 3.63) is 0 Å². The third-order valence-electron chi connectivity index (χ3n) is 2.05. The van der Waals surface area contributed by atoms with Crippen molar-refractivity contribution >= 4 is 40.9 Å². The molecule has 22 heavy (non-hydrogen) atoms. The lowest BCUT2D eigenvalue weighted by molar-refractivity contribution is 0.261. The highest BCUT2D eigenvalue weighted by Crippen LogP contribution is 2.03. The number of aliphatic imine (C=N–C) groups is 1. The number of isocyanates is 1. The van der Waals surface area contributed by atoms with E-state index in [0.717, 1.165) is 45.2 Å². The van der Waals surface area contributed by atoms with Crippen molar-refractivity contribution < 1.29 is 9.53 Å². The maximum Gasteiger partial charge on any atom is 0.286 e. The molecule has 0 aliphatic carbocycles. The summed E-state index contributed by atoms with van der Waals surface area (Å²) in [5.41, 5.74) is 10.5. The topological polar surface area (TPSA) is 114 Å². The van der Waals surface area contributed by atoms with E-state index < -0.39 is 4.30 Å². The second-order valence-corrected chi connectivity index (χ2v) is 5.84. The fourth-order valence-electron chi connectivity index (χ4n) is 1.10. The van der Waals surface area contributed by atoms with Crippen LogP contribution in [0.15, 0.2) is 4.99 Å². The van der Waals surface area contributed by atoms with Crippen LogP contribution in [0.25, 0.3) is 0 Å². The van der Waals surface area contributed by atoms with Gasteiger partial charge in [-0.05, 0) is 45.2 Å². The van der Waals surface area contributed by atoms with Gasteiger partial charge < -0.3 is 16.2 Å². The Balaban J connectivity index is -0.000000280. The van der Waals surface area contributed by atoms with Crippen molar-refractivity contribution in [2.75, 3.05) is 26.2 Å². The molecule has 9 heteroatoms. The molecular weight excluding hydrogens is 351 g/mol. The van der Waals surface area contributed by atoms with E-state index in [-0.39, 0.29) is 0 Å². The summed E-state index contributed by atoms with van der Waals surface area (Å²) in [7, 11) is 0. The number of ether oxygens (including phenoxy) is 1. The fourth-order valence-corrected chi connectivity index (χ4v) is 1.10. The van der Waals surface area contributed by atoms with Crippen molar-refractivity contribution in [3.8, 4) is 6.26 Å². The molecule has 130 valence electrons. The second kappa shape index (κ2) is 28.6. The largest absolute Gasteiger partial charge is 0.428 e. The van der Waals surface area contributed by atoms with Crippen LogP contribution in [0.4, 0.5) is 0 Å². The number of nitrogens with zero attached hydrogens (tertiary/aromatic N) is 2. The van der Waals surface area contributed by atoms with Gasteiger partial charge in [-0.1, -0.05) is 41.2 Å². The molecule has 0 aromatic heterocycles. The van der Waals surface area contributed by atoms with Gasteiger partial charge in [0.05, 0.1) is 6.54 Å². The Morgan fingerprint density at radius 2 is 1.50 bits per heavy atom. The summed E-state index contributed by atoms with van der Waals surface area (Å²) < 4.78 is 3.69. The van der Waals surface area contributed by atoms with E-state index in [9.17, 15) is 4.79 Å². The molecule has 0 spiro atoms. The minimum atomic E-state index is -0.750. The van der Waals surface area contributed by atoms with Crippen LogP contribution >= 0.6 is 34.8 Å². The molecule has 0 amide bonds. The standard InChI is InChI=1S/C7H10N2O2.C5H14N2.CHCl3/c8-6-11-5-3-1-2-4-9-7-10;6-4-2-1-3-5-7;2-1(3)4/h1-5H2;1-7H2;1H. The highest BCUT2D eigenvalue weighted by atomic mass is 35.6. The molecule has 0 saturated heterocycles. The van der Waals surface area contributed by atoms with Gasteiger partial charge in [-0.3, -0.25) is 0 Å². The zero-order chi connectivity index (χ0) is 17.5. The predicted molar refractivity (Wildman–Crippen MR) is 91.7 cm³/mol. The molecule has 0 heterocycles. The number of hydrogen-bond donors (Lipinski definition) is 2. The first-order valence-electron chi connectivity index (χ1n) is 6.93. The first-order valence-corrected chi connectivity index (χ1v) is 8.24. The van der Waals surface area contributed by atoms with Crippen LogP contribution in [-0.2, 0) is 9.53 Å². The molecular formula is C13H25Cl3N4O2. The van der Waals surface area contributed by atoms with E-state index in [2.05, 4.69) is 9.73 Å². The van der Waals surface area contributed by atoms with E-state index in [1.165, 1.54) is 12.5 Å². The van der Waals surface area contributed by atoms with Crippen molar-refractivity contribution in [1.82, 2.24) is 0 Å². The van der Waals surface area contributed by atoms with E-state index in [0.29, 0.717) is 13.2 Å². The Morgan fingerprint density at radius 3 is 1.91 bits per heavy atom. The molecule has 0 rings (SSSR count). The maximum absolute atomic E-state index is 9.58. The van der Waals surface area contributed by atoms with Crippen LogP contribution < -0.4 is 11.5 Å². The quantitative estimate of drug-likeness (QED) is 0.200. The normalized spacial score (nSPS) is 8.59. The van der Waals surface area contributed by atoms with Crippen molar-refractivity contribution in [2.24, 2.45) is 16.5 Å². The third-order valence-corrected chi connectivity index (χ3v) is 2.05. The van der Waals surface area contributed by atoms with Crippen LogP contribution in [0.5, 0.6) is 0 Å². The zero-order valence-corrected chi connectivity index (χ0v) is 14.9. The lowest BCUT2D eigenvalue weighted by Gasteiger charge is -1.94. The van der Waals surface area contributed by atoms with Crippen LogP contribution in [0.2, 0.25) is 0 Å². The lowest BCUT2D eigenvalue weighted by atomic mass is 10.2. The Hall–Kier alpha value is -0.540. The number of alkyl halides is 3. The van der Waals surface area contributed by atoms with Gasteiger partial charge in [0.1, 0.15) is 6.61 Å². The average molecular weight is 376 g/mol. The molecule has 0 aromatic carbocycles. The number of hydrogen-bond acceptors (Lipinski definition) is 6. The Morgan fingerprint density at radius 1 is 1.00 bits per heavy atom. The van der Waals surface area contributed by atoms with Gasteiger partial charge in [0, 0.05) is 0 Å². The molecule has 0 saturated carbocycles. The predicted octanol–water partition coefficient (Wildman–Crippen LogP) is 3.05. The Labute approximate surface area is 147 Å². The zero-order valence-electron chi connectivity index (χ0n) is 12.6. The molecule has 4 N–H and O–H groups in total. The summed E-state index contributed by atoms with van der Waals surface area (Å²) in [6.45, 7) is 2.59. The summed E-state index contributed by atoms with van der Waals surface area (Å²) >= 11 is 14.4. The molecule has 0 fully saturated rings. The highest BCUT2D eigenvalue weighted by Gasteiger charge is 1.87. The number of carbonyl (C=O) groups excluding carboxylic acids is 1. The van der Waals surface area contributed by atoms with Gasteiger partial charge in [-0.15, -0.1) is 0 Å². The number of rotatable bonds is 10. The Bertz CT molecular complexity index is 276. The monoisotopic (exact) mass is 374 g/mol. The number of halogens is 3. The molecule has 0 unspecified atom stereocenters. The molecule has 0 aromatic rings. The average Bonchev–Trinajstić information content (AvgIpc) is 2.47. The molecule has 0 bridgehead atoms. The van der Waals surface area contributed by atoms with Crippen molar-refractivity contribution in [3.63, 3.8) is 0 Å². The smallest absolute Gasteiger partial charge is 0.286 e. The van der Waals surface area contributed by atoms with Crippen LogP contribution in [0.1, 0.15) is 38.5 Å². The summed E-state index contributed by atoms with van der Waals surface area (Å²) in [5.74, 6) is 0. The van der Waals surface area contributed by atoms with Gasteiger partial charge in [-0.25, -0.2) is 9.79 Å². The van der Waals surface area contributed by atoms with Crippen molar-refractivity contribution in [1.29, 1.82) is 5.26 Å². The fraction of sp³-hybridized carbons (Fsp3) is 0.846. The molecule has 0 radical (unpaired) electrons. The molecule has 6 nitrogen and oxygen atoms in total. The van der Waals surface area contributed by atoms with E-state index in [1.807, 2.05) is 0 Å². The highest BCUT2D eigenvalue weighted by molar-refractivity contribution is 6.63. The maximum atomic E-state index is 9.58. The molecule has 0 atom stereocenters. The SMILES string of the molecule is ClC(Cl)Cl.N#COCCCCCN=C=O.NCCCCCN. The summed E-state index contributed by atoms with van der Waals surface area (Å²) in [4.78, 5) is 13.0. The summed E-state index contributed by atoms with van der Waals surface area (Å²) in [5, 5.41) is 7.96. The van der Waals surface area contributed by atoms with Crippen LogP contribution in [0.3, 0.4) is 0 Å². The van der Waals surface area contributed by atoms with Gasteiger partial charge in [-0.2, -0.15) is 5.26 Å². The van der Waals surface area contributed by atoms with Gasteiger partial charge in [0.15, 0.2) is 4.30 Å². The van der Waals surface area contributed by atoms with E-state index in [4.69, 9.17) is 51.5 Å². The van der Waals surface area contributed by atoms with Crippen LogP contribution in [0, 0.1) is 11.5 Å². The Kier molecular flexibility index (Phi) is 34.3. The number of nitrogens with two attached hydrogens (primary N) is 2. The summed E-state index contributed by atoms with van der Waals surface area (Å²) in [6, 6.07) is 0. The van der Waals surface area contributed by atoms with Gasteiger partial charge in [0.2, 0.25) is 6.08 Å². The number of nitriles is 1. The van der Waals surface area contributed by atoms with Crippen molar-refractivity contribution in [2.45, 2.75) is 42.8 Å². The number of unbranched alkanes of at least 4 members (excludes halogenated alkanes) is 4. The van der Waals surface area contributed by atoms with Crippen LogP contribution in [-0.4, -0.2) is 36.6 Å². The van der Waals surface area contributed by atoms with Gasteiger partial charge in [0.25, 0.3) is 6.26 Å². The minimum absolute atomic E-state index is 0.460. The second-order valence-electron chi connectivity index (χ2n) is 3.86. The third kappa shape index (κ3) is 50.5. The molecule has 0 aliphatic heterocycles.